The molecule has 0 spiro atoms. The predicted octanol–water partition coefficient (Wildman–Crippen LogP) is 6.31. The topological polar surface area (TPSA) is 3.24 Å². The molecule has 3 aromatic rings. The molecule has 1 heterocycles. The van der Waals surface area contributed by atoms with E-state index in [9.17, 15) is 0 Å². The van der Waals surface area contributed by atoms with E-state index in [4.69, 9.17) is 0 Å². The first kappa shape index (κ1) is 18.1. The van der Waals surface area contributed by atoms with Crippen molar-refractivity contribution in [3.8, 4) is 0 Å². The van der Waals surface area contributed by atoms with Gasteiger partial charge in [-0.05, 0) is 52.7 Å². The maximum atomic E-state index is 2.63. The van der Waals surface area contributed by atoms with Crippen molar-refractivity contribution in [2.24, 2.45) is 0 Å². The molecule has 144 valence electrons. The molecule has 0 bridgehead atoms. The summed E-state index contributed by atoms with van der Waals surface area (Å²) in [5.74, 6) is 0. The maximum absolute atomic E-state index is 2.63. The Morgan fingerprint density at radius 2 is 1.17 bits per heavy atom. The Labute approximate surface area is 174 Å². The van der Waals surface area contributed by atoms with Crippen molar-refractivity contribution in [2.75, 3.05) is 19.6 Å². The molecule has 5 rings (SSSR count). The summed E-state index contributed by atoms with van der Waals surface area (Å²) < 4.78 is 0. The third kappa shape index (κ3) is 3.83. The first-order valence-corrected chi connectivity index (χ1v) is 10.7. The highest BCUT2D eigenvalue weighted by molar-refractivity contribution is 5.94. The zero-order valence-corrected chi connectivity index (χ0v) is 16.9. The minimum Gasteiger partial charge on any atom is -0.302 e. The average molecular weight is 378 g/mol. The van der Waals surface area contributed by atoms with Gasteiger partial charge in [0, 0.05) is 19.6 Å². The number of piperidine rings is 1. The van der Waals surface area contributed by atoms with Gasteiger partial charge in [0.05, 0.1) is 0 Å². The first-order valence-electron chi connectivity index (χ1n) is 10.7. The summed E-state index contributed by atoms with van der Waals surface area (Å²) >= 11 is 0. The summed E-state index contributed by atoms with van der Waals surface area (Å²) in [6, 6.07) is 28.6. The van der Waals surface area contributed by atoms with Crippen LogP contribution >= 0.6 is 0 Å². The van der Waals surface area contributed by atoms with E-state index in [0.717, 1.165) is 38.9 Å². The summed E-state index contributed by atoms with van der Waals surface area (Å²) in [5.41, 5.74) is 9.97. The second kappa shape index (κ2) is 8.23. The molecule has 1 aliphatic carbocycles. The molecule has 1 heteroatoms. The summed E-state index contributed by atoms with van der Waals surface area (Å²) in [5, 5.41) is 0. The van der Waals surface area contributed by atoms with Gasteiger partial charge in [0.1, 0.15) is 0 Å². The number of benzene rings is 3. The molecular weight excluding hydrogens is 350 g/mol. The van der Waals surface area contributed by atoms with Gasteiger partial charge in [-0.15, -0.1) is 0 Å². The highest BCUT2D eigenvalue weighted by Crippen LogP contribution is 2.38. The van der Waals surface area contributed by atoms with E-state index >= 15 is 0 Å². The minimum atomic E-state index is 1.14. The van der Waals surface area contributed by atoms with Gasteiger partial charge in [-0.3, -0.25) is 0 Å². The van der Waals surface area contributed by atoms with E-state index in [0.29, 0.717) is 0 Å². The highest BCUT2D eigenvalue weighted by Gasteiger charge is 2.22. The number of likely N-dealkylation sites (tertiary alicyclic amines) is 1. The molecule has 2 aliphatic rings. The first-order chi connectivity index (χ1) is 14.4. The number of fused-ring (bicyclic) bond motifs is 2. The molecule has 0 atom stereocenters. The number of nitrogens with zero attached hydrogens (tertiary/aromatic N) is 1. The standard InChI is InChI=1S/C28H27N/c1-2-8-22(9-3-1)16-19-29-20-17-25(18-21-29)28-26-12-6-4-10-23(26)14-15-24-11-5-7-13-27(24)28/h1-15H,16-21H2. The van der Waals surface area contributed by atoms with Crippen LogP contribution in [0.1, 0.15) is 40.7 Å². The molecule has 1 fully saturated rings. The molecule has 0 aromatic heterocycles. The molecule has 1 nitrogen and oxygen atoms in total. The Balaban J connectivity index is 1.41. The van der Waals surface area contributed by atoms with Crippen molar-refractivity contribution in [1.82, 2.24) is 4.90 Å². The van der Waals surface area contributed by atoms with E-state index in [1.54, 1.807) is 5.57 Å². The smallest absolute Gasteiger partial charge is 0.00221 e. The van der Waals surface area contributed by atoms with Gasteiger partial charge in [-0.25, -0.2) is 0 Å². The number of hydrogen-bond donors (Lipinski definition) is 0. The summed E-state index contributed by atoms with van der Waals surface area (Å²) in [7, 11) is 0. The third-order valence-corrected chi connectivity index (χ3v) is 6.28. The molecule has 1 aliphatic heterocycles. The van der Waals surface area contributed by atoms with Crippen molar-refractivity contribution in [2.45, 2.75) is 19.3 Å². The zero-order chi connectivity index (χ0) is 19.5. The Bertz CT molecular complexity index is 997. The molecule has 0 unspecified atom stereocenters. The number of rotatable bonds is 3. The van der Waals surface area contributed by atoms with E-state index < -0.39 is 0 Å². The maximum Gasteiger partial charge on any atom is 0.00221 e. The lowest BCUT2D eigenvalue weighted by molar-refractivity contribution is 0.260. The van der Waals surface area contributed by atoms with E-state index in [2.05, 4.69) is 95.9 Å². The van der Waals surface area contributed by atoms with Crippen molar-refractivity contribution >= 4 is 17.7 Å². The lowest BCUT2D eigenvalue weighted by atomic mass is 9.86. The van der Waals surface area contributed by atoms with Gasteiger partial charge >= 0.3 is 0 Å². The largest absolute Gasteiger partial charge is 0.302 e. The van der Waals surface area contributed by atoms with Crippen LogP contribution in [-0.2, 0) is 6.42 Å². The monoisotopic (exact) mass is 377 g/mol. The Morgan fingerprint density at radius 3 is 1.79 bits per heavy atom. The van der Waals surface area contributed by atoms with Crippen LogP contribution in [0.4, 0.5) is 0 Å². The lowest BCUT2D eigenvalue weighted by Crippen LogP contribution is -2.32. The van der Waals surface area contributed by atoms with Gasteiger partial charge in [0.15, 0.2) is 0 Å². The van der Waals surface area contributed by atoms with E-state index in [1.165, 1.54) is 33.4 Å². The fraction of sp³-hybridized carbons (Fsp3) is 0.214. The van der Waals surface area contributed by atoms with Gasteiger partial charge in [0.2, 0.25) is 0 Å². The second-order valence-corrected chi connectivity index (χ2v) is 8.06. The Morgan fingerprint density at radius 1 is 0.621 bits per heavy atom. The lowest BCUT2D eigenvalue weighted by Gasteiger charge is -2.30. The fourth-order valence-corrected chi connectivity index (χ4v) is 4.67. The van der Waals surface area contributed by atoms with Crippen molar-refractivity contribution in [3.05, 3.63) is 112 Å². The van der Waals surface area contributed by atoms with Crippen LogP contribution in [0.3, 0.4) is 0 Å². The molecule has 29 heavy (non-hydrogen) atoms. The normalized spacial score (nSPS) is 16.3. The van der Waals surface area contributed by atoms with Crippen LogP contribution in [0.25, 0.3) is 17.7 Å². The van der Waals surface area contributed by atoms with Gasteiger partial charge < -0.3 is 4.90 Å². The van der Waals surface area contributed by atoms with Crippen molar-refractivity contribution < 1.29 is 0 Å². The highest BCUT2D eigenvalue weighted by atomic mass is 15.1. The Hall–Kier alpha value is -2.90. The predicted molar refractivity (Wildman–Crippen MR) is 124 cm³/mol. The molecule has 1 saturated heterocycles. The summed E-state index contributed by atoms with van der Waals surface area (Å²) in [4.78, 5) is 2.63. The quantitative estimate of drug-likeness (QED) is 0.404. The van der Waals surface area contributed by atoms with Gasteiger partial charge in [-0.1, -0.05) is 96.6 Å². The molecular formula is C28H27N. The minimum absolute atomic E-state index is 1.14. The summed E-state index contributed by atoms with van der Waals surface area (Å²) in [6.07, 6.45) is 8.01. The molecule has 0 saturated carbocycles. The van der Waals surface area contributed by atoms with Crippen LogP contribution < -0.4 is 0 Å². The van der Waals surface area contributed by atoms with E-state index in [-0.39, 0.29) is 0 Å². The van der Waals surface area contributed by atoms with Crippen LogP contribution in [-0.4, -0.2) is 24.5 Å². The fourth-order valence-electron chi connectivity index (χ4n) is 4.67. The van der Waals surface area contributed by atoms with Crippen LogP contribution in [0, 0.1) is 0 Å². The van der Waals surface area contributed by atoms with Crippen LogP contribution in [0.15, 0.2) is 84.4 Å². The van der Waals surface area contributed by atoms with Crippen LogP contribution in [0.5, 0.6) is 0 Å². The third-order valence-electron chi connectivity index (χ3n) is 6.28. The summed E-state index contributed by atoms with van der Waals surface area (Å²) in [6.45, 7) is 3.47. The molecule has 0 N–H and O–H groups in total. The molecule has 3 aromatic carbocycles. The van der Waals surface area contributed by atoms with Gasteiger partial charge in [0.25, 0.3) is 0 Å². The molecule has 0 radical (unpaired) electrons. The van der Waals surface area contributed by atoms with Crippen molar-refractivity contribution in [3.63, 3.8) is 0 Å². The van der Waals surface area contributed by atoms with Crippen molar-refractivity contribution in [1.29, 1.82) is 0 Å². The SMILES string of the molecule is C1=Cc2ccccc2C(=C2CCN(CCc3ccccc3)CC2)c2ccccc21. The zero-order valence-electron chi connectivity index (χ0n) is 16.9. The van der Waals surface area contributed by atoms with Gasteiger partial charge in [-0.2, -0.15) is 0 Å². The van der Waals surface area contributed by atoms with E-state index in [1.807, 2.05) is 0 Å². The second-order valence-electron chi connectivity index (χ2n) is 8.06. The molecule has 0 amide bonds. The average Bonchev–Trinajstić information content (AvgIpc) is 2.96. The number of hydrogen-bond acceptors (Lipinski definition) is 1. The van der Waals surface area contributed by atoms with Crippen LogP contribution in [0.2, 0.25) is 0 Å². The Kier molecular flexibility index (Phi) is 5.15.